The Labute approximate surface area is 159 Å². The summed E-state index contributed by atoms with van der Waals surface area (Å²) < 4.78 is 41.7. The van der Waals surface area contributed by atoms with Crippen LogP contribution in [0.15, 0.2) is 60.2 Å². The van der Waals surface area contributed by atoms with Crippen molar-refractivity contribution in [3.05, 3.63) is 89.5 Å². The first-order chi connectivity index (χ1) is 13.4. The van der Waals surface area contributed by atoms with Crippen LogP contribution in [0.25, 0.3) is 5.70 Å². The molecule has 1 aromatic heterocycles. The van der Waals surface area contributed by atoms with Crippen molar-refractivity contribution in [1.29, 1.82) is 0 Å². The van der Waals surface area contributed by atoms with Gasteiger partial charge in [-0.25, -0.2) is 23.6 Å². The summed E-state index contributed by atoms with van der Waals surface area (Å²) in [5, 5.41) is 5.85. The summed E-state index contributed by atoms with van der Waals surface area (Å²) in [6.45, 7) is 4.32. The lowest BCUT2D eigenvalue weighted by Crippen LogP contribution is -2.43. The number of aromatic nitrogens is 2. The number of amidine groups is 1. The fraction of sp³-hybridized carbons (Fsp3) is 0.100. The van der Waals surface area contributed by atoms with Crippen LogP contribution in [-0.4, -0.2) is 20.6 Å². The maximum absolute atomic E-state index is 13.5. The van der Waals surface area contributed by atoms with E-state index in [2.05, 4.69) is 22.1 Å². The molecule has 1 aliphatic heterocycles. The number of nitrogens with zero attached hydrogens (tertiary/aromatic N) is 4. The Hall–Kier alpha value is -3.39. The van der Waals surface area contributed by atoms with Gasteiger partial charge < -0.3 is 0 Å². The molecule has 2 aromatic carbocycles. The zero-order valence-electron chi connectivity index (χ0n) is 15.0. The van der Waals surface area contributed by atoms with Crippen LogP contribution in [0.2, 0.25) is 0 Å². The molecule has 2 heterocycles. The molecule has 5 nitrogen and oxygen atoms in total. The first kappa shape index (κ1) is 18.0. The number of hydrazine groups is 1. The van der Waals surface area contributed by atoms with Gasteiger partial charge in [-0.15, -0.1) is 0 Å². The van der Waals surface area contributed by atoms with E-state index in [-0.39, 0.29) is 12.4 Å². The lowest BCUT2D eigenvalue weighted by Gasteiger charge is -2.31. The molecule has 28 heavy (non-hydrogen) atoms. The Kier molecular flexibility index (Phi) is 4.48. The highest BCUT2D eigenvalue weighted by Crippen LogP contribution is 2.33. The molecule has 8 heteroatoms. The van der Waals surface area contributed by atoms with Gasteiger partial charge in [0.25, 0.3) is 0 Å². The smallest absolute Gasteiger partial charge is 0.159 e. The molecule has 0 bridgehead atoms. The topological polar surface area (TPSA) is 45.5 Å². The van der Waals surface area contributed by atoms with E-state index in [0.29, 0.717) is 34.0 Å². The standard InChI is InChI=1S/C20H16F3N5/c1-12-19-18(11-24-27(19)2)26-20(14-4-6-15(21)7-5-14)28(12)25-10-13-3-8-16(22)17(23)9-13/h3-9,11,25H,1,10H2,2H3. The molecule has 0 unspecified atom stereocenters. The highest BCUT2D eigenvalue weighted by atomic mass is 19.2. The van der Waals surface area contributed by atoms with Crippen molar-refractivity contribution in [2.45, 2.75) is 6.54 Å². The Morgan fingerprint density at radius 2 is 1.79 bits per heavy atom. The van der Waals surface area contributed by atoms with Gasteiger partial charge in [0.1, 0.15) is 17.2 Å². The van der Waals surface area contributed by atoms with Crippen LogP contribution in [-0.2, 0) is 13.6 Å². The lowest BCUT2D eigenvalue weighted by atomic mass is 10.1. The van der Waals surface area contributed by atoms with Crippen molar-refractivity contribution < 1.29 is 13.2 Å². The molecule has 0 saturated carbocycles. The summed E-state index contributed by atoms with van der Waals surface area (Å²) in [6.07, 6.45) is 1.62. The minimum atomic E-state index is -0.918. The number of hydrogen-bond acceptors (Lipinski definition) is 4. The van der Waals surface area contributed by atoms with Crippen LogP contribution in [0.3, 0.4) is 0 Å². The maximum Gasteiger partial charge on any atom is 0.159 e. The summed E-state index contributed by atoms with van der Waals surface area (Å²) in [6, 6.07) is 9.58. The third-order valence-corrected chi connectivity index (χ3v) is 4.43. The van der Waals surface area contributed by atoms with Gasteiger partial charge in [-0.3, -0.25) is 9.69 Å². The van der Waals surface area contributed by atoms with Crippen molar-refractivity contribution in [1.82, 2.24) is 20.2 Å². The number of halogens is 3. The predicted octanol–water partition coefficient (Wildman–Crippen LogP) is 3.91. The molecule has 3 aromatic rings. The molecule has 142 valence electrons. The van der Waals surface area contributed by atoms with Crippen molar-refractivity contribution in [3.8, 4) is 0 Å². The number of benzene rings is 2. The molecule has 0 aliphatic carbocycles. The number of nitrogens with one attached hydrogen (secondary N) is 1. The number of fused-ring (bicyclic) bond motifs is 1. The summed E-state index contributed by atoms with van der Waals surface area (Å²) in [5.74, 6) is -1.69. The first-order valence-electron chi connectivity index (χ1n) is 8.47. The van der Waals surface area contributed by atoms with E-state index >= 15 is 0 Å². The van der Waals surface area contributed by atoms with E-state index in [4.69, 9.17) is 0 Å². The first-order valence-corrected chi connectivity index (χ1v) is 8.47. The zero-order valence-corrected chi connectivity index (χ0v) is 15.0. The van der Waals surface area contributed by atoms with Crippen LogP contribution < -0.4 is 5.43 Å². The van der Waals surface area contributed by atoms with E-state index in [1.165, 1.54) is 18.2 Å². The minimum Gasteiger partial charge on any atom is -0.264 e. The van der Waals surface area contributed by atoms with Crippen molar-refractivity contribution >= 4 is 17.2 Å². The maximum atomic E-state index is 13.5. The lowest BCUT2D eigenvalue weighted by molar-refractivity contribution is 0.413. The van der Waals surface area contributed by atoms with Gasteiger partial charge in [0.2, 0.25) is 0 Å². The van der Waals surface area contributed by atoms with E-state index in [9.17, 15) is 13.2 Å². The van der Waals surface area contributed by atoms with Crippen LogP contribution in [0, 0.1) is 17.5 Å². The Morgan fingerprint density at radius 1 is 1.04 bits per heavy atom. The molecule has 4 rings (SSSR count). The Balaban J connectivity index is 1.69. The van der Waals surface area contributed by atoms with Crippen LogP contribution in [0.5, 0.6) is 0 Å². The highest BCUT2D eigenvalue weighted by Gasteiger charge is 2.27. The van der Waals surface area contributed by atoms with E-state index in [1.807, 2.05) is 0 Å². The zero-order chi connectivity index (χ0) is 19.8. The van der Waals surface area contributed by atoms with Crippen molar-refractivity contribution in [2.75, 3.05) is 0 Å². The number of rotatable bonds is 4. The molecular formula is C20H16F3N5. The minimum absolute atomic E-state index is 0.198. The molecule has 1 N–H and O–H groups in total. The largest absolute Gasteiger partial charge is 0.264 e. The van der Waals surface area contributed by atoms with Gasteiger partial charge in [-0.05, 0) is 42.0 Å². The van der Waals surface area contributed by atoms with Gasteiger partial charge in [0.05, 0.1) is 11.9 Å². The molecule has 0 saturated heterocycles. The van der Waals surface area contributed by atoms with Gasteiger partial charge in [-0.1, -0.05) is 12.6 Å². The normalized spacial score (nSPS) is 13.5. The predicted molar refractivity (Wildman–Crippen MR) is 99.9 cm³/mol. The molecule has 0 amide bonds. The number of aryl methyl sites for hydroxylation is 1. The van der Waals surface area contributed by atoms with Crippen molar-refractivity contribution in [3.63, 3.8) is 0 Å². The average molecular weight is 383 g/mol. The van der Waals surface area contributed by atoms with Crippen molar-refractivity contribution in [2.24, 2.45) is 12.0 Å². The molecule has 0 radical (unpaired) electrons. The van der Waals surface area contributed by atoms with E-state index in [0.717, 1.165) is 12.1 Å². The summed E-state index contributed by atoms with van der Waals surface area (Å²) in [7, 11) is 1.77. The Bertz CT molecular complexity index is 1090. The van der Waals surface area contributed by atoms with Crippen LogP contribution in [0.4, 0.5) is 18.9 Å². The molecule has 1 aliphatic rings. The van der Waals surface area contributed by atoms with Gasteiger partial charge in [0, 0.05) is 19.2 Å². The SMILES string of the molecule is C=C1c2c(cnn2C)N=C(c2ccc(F)cc2)N1NCc1ccc(F)c(F)c1. The molecule has 0 atom stereocenters. The monoisotopic (exact) mass is 383 g/mol. The van der Waals surface area contributed by atoms with Crippen LogP contribution in [0.1, 0.15) is 16.8 Å². The third kappa shape index (κ3) is 3.18. The summed E-state index contributed by atoms with van der Waals surface area (Å²) in [4.78, 5) is 4.62. The van der Waals surface area contributed by atoms with E-state index < -0.39 is 11.6 Å². The third-order valence-electron chi connectivity index (χ3n) is 4.43. The fourth-order valence-electron chi connectivity index (χ4n) is 3.02. The van der Waals surface area contributed by atoms with E-state index in [1.54, 1.807) is 35.1 Å². The second-order valence-electron chi connectivity index (χ2n) is 6.31. The second-order valence-corrected chi connectivity index (χ2v) is 6.31. The van der Waals surface area contributed by atoms with Gasteiger partial charge in [-0.2, -0.15) is 5.10 Å². The quantitative estimate of drug-likeness (QED) is 0.743. The van der Waals surface area contributed by atoms with Gasteiger partial charge in [0.15, 0.2) is 17.5 Å². The average Bonchev–Trinajstić information content (AvgIpc) is 3.05. The molecule has 0 spiro atoms. The molecule has 0 fully saturated rings. The Morgan fingerprint density at radius 3 is 2.50 bits per heavy atom. The highest BCUT2D eigenvalue weighted by molar-refractivity contribution is 6.07. The fourth-order valence-corrected chi connectivity index (χ4v) is 3.02. The summed E-state index contributed by atoms with van der Waals surface area (Å²) >= 11 is 0. The van der Waals surface area contributed by atoms with Gasteiger partial charge >= 0.3 is 0 Å². The van der Waals surface area contributed by atoms with Crippen LogP contribution >= 0.6 is 0 Å². The summed E-state index contributed by atoms with van der Waals surface area (Å²) in [5.41, 5.74) is 6.26. The number of hydrogen-bond donors (Lipinski definition) is 1. The molecular weight excluding hydrogens is 367 g/mol. The number of aliphatic imine (C=N–C) groups is 1. The second kappa shape index (κ2) is 6.97.